The van der Waals surface area contributed by atoms with E-state index in [9.17, 15) is 19.8 Å². The molecule has 2 aromatic carbocycles. The molecule has 0 bridgehead atoms. The van der Waals surface area contributed by atoms with Gasteiger partial charge in [0.2, 0.25) is 0 Å². The second kappa shape index (κ2) is 8.35. The first kappa shape index (κ1) is 22.0. The normalized spacial score (nSPS) is 12.3. The summed E-state index contributed by atoms with van der Waals surface area (Å²) in [5, 5.41) is 23.2. The number of hydrogen-bond acceptors (Lipinski definition) is 5. The van der Waals surface area contributed by atoms with Crippen molar-refractivity contribution in [3.05, 3.63) is 70.8 Å². The van der Waals surface area contributed by atoms with Gasteiger partial charge < -0.3 is 15.5 Å². The van der Waals surface area contributed by atoms with E-state index >= 15 is 0 Å². The lowest BCUT2D eigenvalue weighted by atomic mass is 9.91. The summed E-state index contributed by atoms with van der Waals surface area (Å²) in [5.41, 5.74) is 0.0262. The zero-order chi connectivity index (χ0) is 21.1. The summed E-state index contributed by atoms with van der Waals surface area (Å²) in [6.07, 6.45) is 0. The van der Waals surface area contributed by atoms with Crippen LogP contribution in [0.3, 0.4) is 0 Å². The van der Waals surface area contributed by atoms with Crippen LogP contribution in [0.5, 0.6) is 0 Å². The fourth-order valence-electron chi connectivity index (χ4n) is 2.99. The Balaban J connectivity index is 2.30. The number of carbonyl (C=O) groups is 2. The van der Waals surface area contributed by atoms with Crippen LogP contribution < -0.4 is 5.32 Å². The molecule has 0 fully saturated rings. The second-order valence-electron chi connectivity index (χ2n) is 8.01. The Morgan fingerprint density at radius 1 is 0.786 bits per heavy atom. The third-order valence-corrected chi connectivity index (χ3v) is 4.53. The number of benzene rings is 2. The summed E-state index contributed by atoms with van der Waals surface area (Å²) in [6, 6.07) is 14.2. The number of rotatable bonds is 8. The molecule has 0 aliphatic heterocycles. The molecule has 0 aliphatic carbocycles. The van der Waals surface area contributed by atoms with Crippen molar-refractivity contribution >= 4 is 11.6 Å². The molecule has 0 amide bonds. The molecule has 0 spiro atoms. The Morgan fingerprint density at radius 2 is 1.11 bits per heavy atom. The fourth-order valence-corrected chi connectivity index (χ4v) is 2.99. The van der Waals surface area contributed by atoms with Gasteiger partial charge in [-0.05, 0) is 45.4 Å². The summed E-state index contributed by atoms with van der Waals surface area (Å²) >= 11 is 0. The summed E-state index contributed by atoms with van der Waals surface area (Å²) in [7, 11) is 0. The van der Waals surface area contributed by atoms with Crippen molar-refractivity contribution in [3.63, 3.8) is 0 Å². The zero-order valence-corrected chi connectivity index (χ0v) is 17.1. The first-order valence-electron chi connectivity index (χ1n) is 9.42. The average Bonchev–Trinajstić information content (AvgIpc) is 2.64. The Bertz CT molecular complexity index is 755. The van der Waals surface area contributed by atoms with Gasteiger partial charge in [-0.3, -0.25) is 9.59 Å². The minimum atomic E-state index is -1.41. The number of aliphatic hydroxyl groups is 2. The van der Waals surface area contributed by atoms with Gasteiger partial charge in [-0.15, -0.1) is 0 Å². The molecular formula is C23H29NO4. The molecule has 3 N–H and O–H groups in total. The Kier molecular flexibility index (Phi) is 6.55. The van der Waals surface area contributed by atoms with E-state index < -0.39 is 11.2 Å². The van der Waals surface area contributed by atoms with E-state index in [4.69, 9.17) is 0 Å². The van der Waals surface area contributed by atoms with Gasteiger partial charge in [-0.25, -0.2) is 0 Å². The fraction of sp³-hybridized carbons (Fsp3) is 0.391. The summed E-state index contributed by atoms with van der Waals surface area (Å²) in [4.78, 5) is 24.4. The molecule has 150 valence electrons. The standard InChI is InChI=1S/C23H29NO4/c1-6-24-19(15-7-11-17(12-8-15)20(25)22(2,3)27)16-9-13-18(14-10-16)21(26)23(4,5)28/h7-14,19,24,27-28H,6H2,1-5H3. The highest BCUT2D eigenvalue weighted by molar-refractivity contribution is 6.02. The van der Waals surface area contributed by atoms with E-state index in [1.54, 1.807) is 24.3 Å². The van der Waals surface area contributed by atoms with Gasteiger partial charge in [0.15, 0.2) is 11.6 Å². The SMILES string of the molecule is CCNC(c1ccc(C(=O)C(C)(C)O)cc1)c1ccc(C(=O)C(C)(C)O)cc1. The largest absolute Gasteiger partial charge is 0.382 e. The molecule has 5 heteroatoms. The maximum absolute atomic E-state index is 12.2. The molecule has 28 heavy (non-hydrogen) atoms. The smallest absolute Gasteiger partial charge is 0.193 e. The van der Waals surface area contributed by atoms with Gasteiger partial charge in [-0.2, -0.15) is 0 Å². The van der Waals surface area contributed by atoms with Crippen molar-refractivity contribution in [2.24, 2.45) is 0 Å². The van der Waals surface area contributed by atoms with Crippen LogP contribution in [0.15, 0.2) is 48.5 Å². The van der Waals surface area contributed by atoms with Crippen molar-refractivity contribution < 1.29 is 19.8 Å². The zero-order valence-electron chi connectivity index (χ0n) is 17.1. The second-order valence-corrected chi connectivity index (χ2v) is 8.01. The monoisotopic (exact) mass is 383 g/mol. The Hall–Kier alpha value is -2.34. The third kappa shape index (κ3) is 5.13. The number of nitrogens with one attached hydrogen (secondary N) is 1. The average molecular weight is 383 g/mol. The number of Topliss-reactive ketones (excluding diaryl/α,β-unsaturated/α-hetero) is 2. The van der Waals surface area contributed by atoms with Gasteiger partial charge in [0.05, 0.1) is 6.04 Å². The van der Waals surface area contributed by atoms with Gasteiger partial charge in [-0.1, -0.05) is 55.5 Å². The Labute approximate surface area is 166 Å². The van der Waals surface area contributed by atoms with Gasteiger partial charge in [0.25, 0.3) is 0 Å². The maximum Gasteiger partial charge on any atom is 0.193 e. The van der Waals surface area contributed by atoms with Crippen molar-refractivity contribution in [1.29, 1.82) is 0 Å². The summed E-state index contributed by atoms with van der Waals surface area (Å²) in [5.74, 6) is -0.651. The number of ketones is 2. The highest BCUT2D eigenvalue weighted by Gasteiger charge is 2.26. The van der Waals surface area contributed by atoms with E-state index in [0.29, 0.717) is 11.1 Å². The van der Waals surface area contributed by atoms with E-state index in [2.05, 4.69) is 5.32 Å². The Morgan fingerprint density at radius 3 is 1.36 bits per heavy atom. The molecule has 2 aromatic rings. The van der Waals surface area contributed by atoms with E-state index in [0.717, 1.165) is 17.7 Å². The molecule has 0 unspecified atom stereocenters. The van der Waals surface area contributed by atoms with Gasteiger partial charge in [0, 0.05) is 11.1 Å². The maximum atomic E-state index is 12.2. The van der Waals surface area contributed by atoms with Gasteiger partial charge >= 0.3 is 0 Å². The van der Waals surface area contributed by atoms with Crippen molar-refractivity contribution in [2.75, 3.05) is 6.54 Å². The predicted octanol–water partition coefficient (Wildman–Crippen LogP) is 3.29. The molecule has 0 heterocycles. The molecule has 0 aliphatic rings. The van der Waals surface area contributed by atoms with Crippen LogP contribution in [0.25, 0.3) is 0 Å². The molecule has 0 radical (unpaired) electrons. The van der Waals surface area contributed by atoms with Gasteiger partial charge in [0.1, 0.15) is 11.2 Å². The molecule has 0 atom stereocenters. The van der Waals surface area contributed by atoms with Crippen molar-refractivity contribution in [3.8, 4) is 0 Å². The minimum absolute atomic E-state index is 0.109. The van der Waals surface area contributed by atoms with E-state index in [1.165, 1.54) is 27.7 Å². The van der Waals surface area contributed by atoms with Crippen LogP contribution >= 0.6 is 0 Å². The van der Waals surface area contributed by atoms with Crippen LogP contribution in [-0.2, 0) is 0 Å². The highest BCUT2D eigenvalue weighted by Crippen LogP contribution is 2.25. The number of carbonyl (C=O) groups excluding carboxylic acids is 2. The number of hydrogen-bond donors (Lipinski definition) is 3. The van der Waals surface area contributed by atoms with E-state index in [1.807, 2.05) is 31.2 Å². The molecule has 0 saturated carbocycles. The molecule has 0 aromatic heterocycles. The van der Waals surface area contributed by atoms with Crippen molar-refractivity contribution in [2.45, 2.75) is 51.9 Å². The highest BCUT2D eigenvalue weighted by atomic mass is 16.3. The minimum Gasteiger partial charge on any atom is -0.382 e. The molecule has 0 saturated heterocycles. The predicted molar refractivity (Wildman–Crippen MR) is 110 cm³/mol. The summed E-state index contributed by atoms with van der Waals surface area (Å²) in [6.45, 7) is 8.63. The molecular weight excluding hydrogens is 354 g/mol. The van der Waals surface area contributed by atoms with Crippen LogP contribution in [-0.4, -0.2) is 39.5 Å². The van der Waals surface area contributed by atoms with Crippen LogP contribution in [0, 0.1) is 0 Å². The van der Waals surface area contributed by atoms with Crippen LogP contribution in [0.4, 0.5) is 0 Å². The molecule has 2 rings (SSSR count). The topological polar surface area (TPSA) is 86.6 Å². The van der Waals surface area contributed by atoms with E-state index in [-0.39, 0.29) is 17.6 Å². The lowest BCUT2D eigenvalue weighted by Gasteiger charge is -2.21. The molecule has 5 nitrogen and oxygen atoms in total. The third-order valence-electron chi connectivity index (χ3n) is 4.53. The van der Waals surface area contributed by atoms with Crippen LogP contribution in [0.1, 0.15) is 72.5 Å². The lowest BCUT2D eigenvalue weighted by Crippen LogP contribution is -2.31. The quantitative estimate of drug-likeness (QED) is 0.609. The first-order valence-corrected chi connectivity index (χ1v) is 9.42. The lowest BCUT2D eigenvalue weighted by molar-refractivity contribution is 0.0487. The first-order chi connectivity index (χ1) is 12.9. The van der Waals surface area contributed by atoms with Crippen molar-refractivity contribution in [1.82, 2.24) is 5.32 Å². The summed E-state index contributed by atoms with van der Waals surface area (Å²) < 4.78 is 0. The van der Waals surface area contributed by atoms with Crippen LogP contribution in [0.2, 0.25) is 0 Å².